The van der Waals surface area contributed by atoms with Crippen molar-refractivity contribution in [3.05, 3.63) is 18.0 Å². The van der Waals surface area contributed by atoms with Gasteiger partial charge in [-0.3, -0.25) is 4.79 Å². The van der Waals surface area contributed by atoms with Crippen molar-refractivity contribution in [3.63, 3.8) is 0 Å². The molecule has 5 nitrogen and oxygen atoms in total. The van der Waals surface area contributed by atoms with Crippen molar-refractivity contribution < 1.29 is 13.2 Å². The maximum absolute atomic E-state index is 12.4. The van der Waals surface area contributed by atoms with Gasteiger partial charge in [0.15, 0.2) is 0 Å². The number of hydrogen-bond donors (Lipinski definition) is 1. The Hall–Kier alpha value is -1.01. The molecular formula is C14H23ClN2O3S. The Bertz CT molecular complexity index is 627. The minimum atomic E-state index is -3.86. The zero-order valence-electron chi connectivity index (χ0n) is 13.3. The first-order valence-electron chi connectivity index (χ1n) is 6.81. The van der Waals surface area contributed by atoms with Crippen LogP contribution >= 0.6 is 10.7 Å². The Morgan fingerprint density at radius 2 is 1.81 bits per heavy atom. The molecule has 1 amide bonds. The number of nitrogens with one attached hydrogen (secondary N) is 1. The van der Waals surface area contributed by atoms with Crippen LogP contribution in [0.25, 0.3) is 0 Å². The normalized spacial score (nSPS) is 14.3. The molecule has 1 aromatic rings. The van der Waals surface area contributed by atoms with Crippen molar-refractivity contribution in [2.45, 2.75) is 58.5 Å². The van der Waals surface area contributed by atoms with Crippen molar-refractivity contribution in [2.24, 2.45) is 5.41 Å². The molecule has 0 bridgehead atoms. The lowest BCUT2D eigenvalue weighted by Crippen LogP contribution is -2.42. The third-order valence-corrected chi connectivity index (χ3v) is 4.86. The largest absolute Gasteiger partial charge is 0.348 e. The summed E-state index contributed by atoms with van der Waals surface area (Å²) in [6.45, 7) is 11.7. The molecule has 1 atom stereocenters. The summed E-state index contributed by atoms with van der Waals surface area (Å²) in [6, 6.07) is 1.20. The molecule has 7 heteroatoms. The fourth-order valence-corrected chi connectivity index (χ4v) is 2.43. The molecule has 0 aliphatic rings. The first kappa shape index (κ1) is 18.0. The lowest BCUT2D eigenvalue weighted by atomic mass is 9.88. The van der Waals surface area contributed by atoms with E-state index < -0.39 is 9.05 Å². The van der Waals surface area contributed by atoms with Crippen molar-refractivity contribution in [3.8, 4) is 0 Å². The molecule has 0 aliphatic heterocycles. The third-order valence-electron chi connectivity index (χ3n) is 3.54. The summed E-state index contributed by atoms with van der Waals surface area (Å²) in [5, 5.41) is 2.90. The monoisotopic (exact) mass is 334 g/mol. The first-order chi connectivity index (χ1) is 9.34. The van der Waals surface area contributed by atoms with Crippen LogP contribution in [0.1, 0.15) is 58.1 Å². The minimum Gasteiger partial charge on any atom is -0.348 e. The summed E-state index contributed by atoms with van der Waals surface area (Å²) in [5.74, 6) is -0.308. The molecule has 0 radical (unpaired) electrons. The molecule has 0 fully saturated rings. The predicted octanol–water partition coefficient (Wildman–Crippen LogP) is 3.16. The van der Waals surface area contributed by atoms with E-state index in [1.54, 1.807) is 4.57 Å². The van der Waals surface area contributed by atoms with Crippen molar-refractivity contribution in [2.75, 3.05) is 0 Å². The van der Waals surface area contributed by atoms with Crippen LogP contribution in [0.15, 0.2) is 17.2 Å². The van der Waals surface area contributed by atoms with E-state index in [0.717, 1.165) is 0 Å². The fraction of sp³-hybridized carbons (Fsp3) is 0.643. The summed E-state index contributed by atoms with van der Waals surface area (Å²) in [7, 11) is 1.50. The Labute approximate surface area is 131 Å². The van der Waals surface area contributed by atoms with E-state index in [9.17, 15) is 13.2 Å². The lowest BCUT2D eigenvalue weighted by Gasteiger charge is -2.28. The molecular weight excluding hydrogens is 312 g/mol. The summed E-state index contributed by atoms with van der Waals surface area (Å²) < 4.78 is 24.5. The molecule has 0 saturated heterocycles. The number of nitrogens with zero attached hydrogens (tertiary/aromatic N) is 1. The van der Waals surface area contributed by atoms with Gasteiger partial charge >= 0.3 is 0 Å². The molecule has 21 heavy (non-hydrogen) atoms. The molecule has 1 unspecified atom stereocenters. The van der Waals surface area contributed by atoms with Gasteiger partial charge < -0.3 is 9.88 Å². The summed E-state index contributed by atoms with van der Waals surface area (Å²) in [5.41, 5.74) is 0.201. The number of hydrogen-bond acceptors (Lipinski definition) is 3. The SMILES string of the molecule is CC(C)n1cc(S(=O)(=O)Cl)cc1C(=O)NC(C)C(C)(C)C. The number of carbonyl (C=O) groups excluding carboxylic acids is 1. The van der Waals surface area contributed by atoms with Crippen LogP contribution in [-0.2, 0) is 9.05 Å². The van der Waals surface area contributed by atoms with Gasteiger partial charge in [0.05, 0.1) is 0 Å². The number of carbonyl (C=O) groups is 1. The van der Waals surface area contributed by atoms with Crippen LogP contribution < -0.4 is 5.32 Å². The van der Waals surface area contributed by atoms with Gasteiger partial charge in [0, 0.05) is 29.0 Å². The number of amides is 1. The average Bonchev–Trinajstić information content (AvgIpc) is 2.71. The quantitative estimate of drug-likeness (QED) is 0.860. The van der Waals surface area contributed by atoms with Gasteiger partial charge in [0.1, 0.15) is 10.6 Å². The second-order valence-electron chi connectivity index (χ2n) is 6.56. The zero-order chi connectivity index (χ0) is 16.6. The van der Waals surface area contributed by atoms with Gasteiger partial charge in [-0.05, 0) is 32.3 Å². The Morgan fingerprint density at radius 1 is 1.29 bits per heavy atom. The van der Waals surface area contributed by atoms with Crippen LogP contribution in [0.5, 0.6) is 0 Å². The highest BCUT2D eigenvalue weighted by Crippen LogP contribution is 2.23. The molecule has 1 aromatic heterocycles. The van der Waals surface area contributed by atoms with E-state index in [2.05, 4.69) is 5.32 Å². The molecule has 0 aliphatic carbocycles. The highest BCUT2D eigenvalue weighted by molar-refractivity contribution is 8.13. The fourth-order valence-electron chi connectivity index (χ4n) is 1.68. The average molecular weight is 335 g/mol. The molecule has 1 N–H and O–H groups in total. The number of aromatic nitrogens is 1. The molecule has 1 heterocycles. The van der Waals surface area contributed by atoms with Crippen molar-refractivity contribution in [1.29, 1.82) is 0 Å². The maximum Gasteiger partial charge on any atom is 0.268 e. The van der Waals surface area contributed by atoms with Gasteiger partial charge in [0.25, 0.3) is 15.0 Å². The number of halogens is 1. The van der Waals surface area contributed by atoms with E-state index in [1.165, 1.54) is 12.3 Å². The lowest BCUT2D eigenvalue weighted by molar-refractivity contribution is 0.0899. The van der Waals surface area contributed by atoms with Crippen molar-refractivity contribution in [1.82, 2.24) is 9.88 Å². The smallest absolute Gasteiger partial charge is 0.268 e. The van der Waals surface area contributed by atoms with E-state index in [1.807, 2.05) is 41.5 Å². The summed E-state index contributed by atoms with van der Waals surface area (Å²) in [6.07, 6.45) is 1.39. The van der Waals surface area contributed by atoms with Crippen LogP contribution in [-0.4, -0.2) is 24.9 Å². The maximum atomic E-state index is 12.4. The summed E-state index contributed by atoms with van der Waals surface area (Å²) in [4.78, 5) is 12.3. The second kappa shape index (κ2) is 6.01. The van der Waals surface area contributed by atoms with Gasteiger partial charge in [-0.2, -0.15) is 0 Å². The second-order valence-corrected chi connectivity index (χ2v) is 9.13. The van der Waals surface area contributed by atoms with Crippen LogP contribution in [0.2, 0.25) is 0 Å². The summed E-state index contributed by atoms with van der Waals surface area (Å²) >= 11 is 0. The highest BCUT2D eigenvalue weighted by atomic mass is 35.7. The highest BCUT2D eigenvalue weighted by Gasteiger charge is 2.26. The minimum absolute atomic E-state index is 0.0529. The predicted molar refractivity (Wildman–Crippen MR) is 84.2 cm³/mol. The first-order valence-corrected chi connectivity index (χ1v) is 9.12. The van der Waals surface area contributed by atoms with Crippen molar-refractivity contribution >= 4 is 25.6 Å². The number of rotatable bonds is 4. The van der Waals surface area contributed by atoms with Gasteiger partial charge in [-0.1, -0.05) is 20.8 Å². The Balaban J connectivity index is 3.17. The standard InChI is InChI=1S/C14H23ClN2O3S/c1-9(2)17-8-11(21(15,19)20)7-12(17)13(18)16-10(3)14(4,5)6/h7-10H,1-6H3,(H,16,18). The molecule has 0 saturated carbocycles. The Kier molecular flexibility index (Phi) is 5.16. The van der Waals surface area contributed by atoms with Gasteiger partial charge in [-0.15, -0.1) is 0 Å². The third kappa shape index (κ3) is 4.48. The van der Waals surface area contributed by atoms with E-state index in [0.29, 0.717) is 5.69 Å². The van der Waals surface area contributed by atoms with E-state index in [4.69, 9.17) is 10.7 Å². The van der Waals surface area contributed by atoms with Crippen LogP contribution in [0.4, 0.5) is 0 Å². The molecule has 1 rings (SSSR count). The van der Waals surface area contributed by atoms with E-state index >= 15 is 0 Å². The van der Waals surface area contributed by atoms with Crippen LogP contribution in [0, 0.1) is 5.41 Å². The van der Waals surface area contributed by atoms with Gasteiger partial charge in [-0.25, -0.2) is 8.42 Å². The van der Waals surface area contributed by atoms with Gasteiger partial charge in [0.2, 0.25) is 0 Å². The molecule has 0 aromatic carbocycles. The zero-order valence-corrected chi connectivity index (χ0v) is 14.8. The molecule has 0 spiro atoms. The van der Waals surface area contributed by atoms with E-state index in [-0.39, 0.29) is 28.3 Å². The molecule has 120 valence electrons. The Morgan fingerprint density at radius 3 is 2.19 bits per heavy atom. The van der Waals surface area contributed by atoms with Crippen LogP contribution in [0.3, 0.4) is 0 Å². The topological polar surface area (TPSA) is 68.2 Å².